The van der Waals surface area contributed by atoms with Crippen LogP contribution in [-0.4, -0.2) is 49.2 Å². The maximum Gasteiger partial charge on any atom is 0.223 e. The summed E-state index contributed by atoms with van der Waals surface area (Å²) in [6, 6.07) is 5.33. The first-order valence-electron chi connectivity index (χ1n) is 7.46. The van der Waals surface area contributed by atoms with Crippen LogP contribution < -0.4 is 5.73 Å². The maximum atomic E-state index is 14.3. The highest BCUT2D eigenvalue weighted by Crippen LogP contribution is 2.30. The summed E-state index contributed by atoms with van der Waals surface area (Å²) in [6.07, 6.45) is 0.674. The lowest BCUT2D eigenvalue weighted by Gasteiger charge is -2.44. The number of ether oxygens (including phenoxy) is 2. The van der Waals surface area contributed by atoms with Gasteiger partial charge < -0.3 is 15.2 Å². The van der Waals surface area contributed by atoms with Gasteiger partial charge in [-0.2, -0.15) is 0 Å². The van der Waals surface area contributed by atoms with Crippen LogP contribution in [0.5, 0.6) is 0 Å². The van der Waals surface area contributed by atoms with Crippen molar-refractivity contribution in [3.63, 3.8) is 0 Å². The van der Waals surface area contributed by atoms with Crippen LogP contribution in [0.4, 0.5) is 10.1 Å². The van der Waals surface area contributed by atoms with E-state index in [0.29, 0.717) is 12.4 Å². The number of nitrogens with zero attached hydrogens (tertiary/aromatic N) is 2. The second-order valence-electron chi connectivity index (χ2n) is 5.50. The molecule has 0 bridgehead atoms. The minimum Gasteiger partial charge on any atom is -0.396 e. The molecule has 0 amide bonds. The van der Waals surface area contributed by atoms with Gasteiger partial charge in [0.2, 0.25) is 6.41 Å². The molecule has 1 aromatic rings. The Morgan fingerprint density at radius 3 is 2.57 bits per heavy atom. The summed E-state index contributed by atoms with van der Waals surface area (Å²) in [4.78, 5) is 4.48. The number of benzene rings is 1. The Balaban J connectivity index is 1.68. The fraction of sp³-hybridized carbons (Fsp3) is 0.600. The number of halogens is 1. The number of nitrogen functional groups attached to an aromatic ring is 1. The lowest BCUT2D eigenvalue weighted by atomic mass is 10.0. The van der Waals surface area contributed by atoms with E-state index < -0.39 is 0 Å². The molecule has 0 radical (unpaired) electrons. The van der Waals surface area contributed by atoms with Crippen molar-refractivity contribution >= 4 is 5.69 Å². The van der Waals surface area contributed by atoms with Gasteiger partial charge in [0.15, 0.2) is 12.6 Å². The zero-order valence-electron chi connectivity index (χ0n) is 12.3. The zero-order valence-corrected chi connectivity index (χ0v) is 12.3. The minimum absolute atomic E-state index is 0.0684. The van der Waals surface area contributed by atoms with Crippen molar-refractivity contribution in [2.75, 3.05) is 38.7 Å². The van der Waals surface area contributed by atoms with E-state index in [1.54, 1.807) is 6.07 Å². The molecule has 1 aromatic carbocycles. The van der Waals surface area contributed by atoms with Gasteiger partial charge >= 0.3 is 0 Å². The molecule has 2 N–H and O–H groups in total. The summed E-state index contributed by atoms with van der Waals surface area (Å²) in [5.74, 6) is -0.280. The second kappa shape index (κ2) is 6.27. The predicted molar refractivity (Wildman–Crippen MR) is 77.8 cm³/mol. The number of rotatable bonds is 4. The van der Waals surface area contributed by atoms with E-state index in [0.717, 1.165) is 32.6 Å². The van der Waals surface area contributed by atoms with Crippen molar-refractivity contribution in [1.29, 1.82) is 0 Å². The Labute approximate surface area is 124 Å². The van der Waals surface area contributed by atoms with E-state index in [1.165, 1.54) is 0 Å². The van der Waals surface area contributed by atoms with Gasteiger partial charge in [-0.25, -0.2) is 4.39 Å². The Morgan fingerprint density at radius 2 is 2.00 bits per heavy atom. The van der Waals surface area contributed by atoms with Crippen LogP contribution in [0, 0.1) is 5.82 Å². The fourth-order valence-electron chi connectivity index (χ4n) is 3.10. The first kappa shape index (κ1) is 14.7. The Hall–Kier alpha value is -1.21. The summed E-state index contributed by atoms with van der Waals surface area (Å²) in [5, 5.41) is 0. The Bertz CT molecular complexity index is 488. The third-order valence-corrected chi connectivity index (χ3v) is 4.31. The highest BCUT2D eigenvalue weighted by molar-refractivity contribution is 5.44. The molecule has 2 aliphatic rings. The van der Waals surface area contributed by atoms with Gasteiger partial charge in [0, 0.05) is 37.8 Å². The summed E-state index contributed by atoms with van der Waals surface area (Å²) in [6.45, 7) is 5.94. The molecule has 1 unspecified atom stereocenters. The first-order chi connectivity index (χ1) is 10.2. The average molecular weight is 295 g/mol. The van der Waals surface area contributed by atoms with Crippen molar-refractivity contribution < 1.29 is 13.9 Å². The average Bonchev–Trinajstić information content (AvgIpc) is 2.44. The molecule has 5 nitrogen and oxygen atoms in total. The smallest absolute Gasteiger partial charge is 0.223 e. The molecule has 1 atom stereocenters. The van der Waals surface area contributed by atoms with Crippen LogP contribution in [0.25, 0.3) is 0 Å². The quantitative estimate of drug-likeness (QED) is 0.858. The van der Waals surface area contributed by atoms with Crippen LogP contribution in [-0.2, 0) is 9.47 Å². The lowest BCUT2D eigenvalue weighted by molar-refractivity contribution is -0.377. The van der Waals surface area contributed by atoms with E-state index >= 15 is 0 Å². The molecule has 0 spiro atoms. The summed E-state index contributed by atoms with van der Waals surface area (Å²) in [7, 11) is 0. The highest BCUT2D eigenvalue weighted by atomic mass is 19.1. The Kier molecular flexibility index (Phi) is 4.40. The largest absolute Gasteiger partial charge is 0.396 e. The normalized spacial score (nSPS) is 23.0. The van der Waals surface area contributed by atoms with Crippen LogP contribution in [0.3, 0.4) is 0 Å². The predicted octanol–water partition coefficient (Wildman–Crippen LogP) is 1.76. The summed E-state index contributed by atoms with van der Waals surface area (Å²) >= 11 is 0. The van der Waals surface area contributed by atoms with Gasteiger partial charge in [0.25, 0.3) is 0 Å². The monoisotopic (exact) mass is 295 g/mol. The zero-order chi connectivity index (χ0) is 14.8. The van der Waals surface area contributed by atoms with Crippen LogP contribution in [0.1, 0.15) is 24.9 Å². The van der Waals surface area contributed by atoms with Crippen LogP contribution >= 0.6 is 0 Å². The van der Waals surface area contributed by atoms with E-state index in [1.807, 2.05) is 12.1 Å². The molecular weight excluding hydrogens is 273 g/mol. The van der Waals surface area contributed by atoms with Crippen molar-refractivity contribution in [3.05, 3.63) is 29.6 Å². The van der Waals surface area contributed by atoms with E-state index in [2.05, 4.69) is 16.7 Å². The topological polar surface area (TPSA) is 51.0 Å². The van der Waals surface area contributed by atoms with E-state index in [-0.39, 0.29) is 24.0 Å². The molecule has 0 aliphatic carbocycles. The van der Waals surface area contributed by atoms with Gasteiger partial charge in [-0.05, 0) is 12.5 Å². The Morgan fingerprint density at radius 1 is 1.29 bits per heavy atom. The van der Waals surface area contributed by atoms with Crippen LogP contribution in [0.15, 0.2) is 18.2 Å². The lowest BCUT2D eigenvalue weighted by Crippen LogP contribution is -2.55. The molecular formula is C15H22FN3O2. The molecule has 0 aromatic heterocycles. The highest BCUT2D eigenvalue weighted by Gasteiger charge is 2.32. The molecule has 116 valence electrons. The molecule has 2 heterocycles. The van der Waals surface area contributed by atoms with Crippen LogP contribution in [0.2, 0.25) is 0 Å². The van der Waals surface area contributed by atoms with Gasteiger partial charge in [-0.3, -0.25) is 9.80 Å². The van der Waals surface area contributed by atoms with Crippen molar-refractivity contribution in [1.82, 2.24) is 9.80 Å². The number of anilines is 1. The van der Waals surface area contributed by atoms with Gasteiger partial charge in [-0.15, -0.1) is 0 Å². The minimum atomic E-state index is -0.280. The molecule has 2 saturated heterocycles. The number of nitrogens with two attached hydrogens (primary N) is 1. The van der Waals surface area contributed by atoms with Gasteiger partial charge in [-0.1, -0.05) is 19.1 Å². The van der Waals surface area contributed by atoms with Crippen molar-refractivity contribution in [2.24, 2.45) is 0 Å². The third-order valence-electron chi connectivity index (χ3n) is 4.31. The second-order valence-corrected chi connectivity index (χ2v) is 5.50. The van der Waals surface area contributed by atoms with E-state index in [4.69, 9.17) is 15.2 Å². The summed E-state index contributed by atoms with van der Waals surface area (Å²) < 4.78 is 24.9. The molecule has 3 rings (SSSR count). The standard InChI is InChI=1S/C15H22FN3O2/c1-2-13(11-4-3-5-12(17)14(11)16)18-6-8-19(9-7-18)15-20-10-21-15/h3-5,13,15H,2,6-10,17H2,1H3. The number of hydrogen-bond donors (Lipinski definition) is 1. The number of hydrogen-bond acceptors (Lipinski definition) is 5. The summed E-state index contributed by atoms with van der Waals surface area (Å²) in [5.41, 5.74) is 6.61. The third kappa shape index (κ3) is 2.89. The molecule has 0 saturated carbocycles. The number of piperazine rings is 1. The van der Waals surface area contributed by atoms with Gasteiger partial charge in [0.05, 0.1) is 5.69 Å². The SMILES string of the molecule is CCC(c1cccc(N)c1F)N1CCN(C2OCO2)CC1. The molecule has 6 heteroatoms. The molecule has 2 fully saturated rings. The molecule has 2 aliphatic heterocycles. The maximum absolute atomic E-state index is 14.3. The molecule has 21 heavy (non-hydrogen) atoms. The van der Waals surface area contributed by atoms with Gasteiger partial charge in [0.1, 0.15) is 0 Å². The fourth-order valence-corrected chi connectivity index (χ4v) is 3.10. The van der Waals surface area contributed by atoms with Crippen molar-refractivity contribution in [2.45, 2.75) is 25.8 Å². The van der Waals surface area contributed by atoms with E-state index in [9.17, 15) is 4.39 Å². The first-order valence-corrected chi connectivity index (χ1v) is 7.46. The van der Waals surface area contributed by atoms with Crippen molar-refractivity contribution in [3.8, 4) is 0 Å².